The van der Waals surface area contributed by atoms with Crippen LogP contribution in [0.1, 0.15) is 22.4 Å². The highest BCUT2D eigenvalue weighted by atomic mass is 79.9. The fourth-order valence-corrected chi connectivity index (χ4v) is 2.64. The predicted octanol–water partition coefficient (Wildman–Crippen LogP) is 2.15. The second-order valence-electron chi connectivity index (χ2n) is 5.50. The summed E-state index contributed by atoms with van der Waals surface area (Å²) >= 11 is 3.45. The minimum Gasteiger partial charge on any atom is -0.340 e. The molecule has 24 heavy (non-hydrogen) atoms. The number of likely N-dealkylation sites (N-methyl/N-ethyl adjacent to an activating group) is 1. The van der Waals surface area contributed by atoms with Crippen molar-refractivity contribution >= 4 is 21.8 Å². The number of amides is 1. The van der Waals surface area contributed by atoms with Gasteiger partial charge in [-0.15, -0.1) is 0 Å². The third kappa shape index (κ3) is 3.71. The van der Waals surface area contributed by atoms with E-state index in [1.807, 2.05) is 30.3 Å². The first-order valence-electron chi connectivity index (χ1n) is 7.31. The van der Waals surface area contributed by atoms with E-state index in [9.17, 15) is 9.59 Å². The van der Waals surface area contributed by atoms with Gasteiger partial charge in [-0.05, 0) is 31.0 Å². The van der Waals surface area contributed by atoms with Crippen LogP contribution in [0.5, 0.6) is 0 Å². The summed E-state index contributed by atoms with van der Waals surface area (Å²) in [6.07, 6.45) is 0. The number of nitrogens with zero attached hydrogens (tertiary/aromatic N) is 4. The summed E-state index contributed by atoms with van der Waals surface area (Å²) < 4.78 is 1.97. The van der Waals surface area contributed by atoms with Crippen LogP contribution in [0.25, 0.3) is 0 Å². The Morgan fingerprint density at radius 3 is 2.67 bits per heavy atom. The number of benzene rings is 1. The lowest BCUT2D eigenvalue weighted by molar-refractivity contribution is -0.131. The second kappa shape index (κ2) is 7.41. The average molecular weight is 389 g/mol. The van der Waals surface area contributed by atoms with Gasteiger partial charge in [0.05, 0.1) is 5.69 Å². The molecule has 0 aliphatic rings. The van der Waals surface area contributed by atoms with Crippen molar-refractivity contribution in [3.8, 4) is 6.07 Å². The third-order valence-corrected chi connectivity index (χ3v) is 4.60. The lowest BCUT2D eigenvalue weighted by atomic mass is 10.1. The molecule has 0 saturated heterocycles. The molecule has 0 aliphatic heterocycles. The molecule has 0 radical (unpaired) electrons. The van der Waals surface area contributed by atoms with E-state index in [4.69, 9.17) is 5.26 Å². The summed E-state index contributed by atoms with van der Waals surface area (Å²) in [5.41, 5.74) is 1.57. The highest BCUT2D eigenvalue weighted by Gasteiger charge is 2.16. The lowest BCUT2D eigenvalue weighted by Crippen LogP contribution is -2.36. The van der Waals surface area contributed by atoms with E-state index in [0.717, 1.165) is 14.7 Å². The van der Waals surface area contributed by atoms with E-state index in [2.05, 4.69) is 21.0 Å². The summed E-state index contributed by atoms with van der Waals surface area (Å²) in [5.74, 6) is -0.257. The zero-order chi connectivity index (χ0) is 17.9. The van der Waals surface area contributed by atoms with Gasteiger partial charge in [-0.1, -0.05) is 34.1 Å². The maximum absolute atomic E-state index is 12.4. The molecule has 2 aromatic rings. The number of carbonyl (C=O) groups is 1. The Bertz CT molecular complexity index is 883. The number of nitriles is 1. The fourth-order valence-electron chi connectivity index (χ4n) is 2.23. The van der Waals surface area contributed by atoms with Crippen LogP contribution in [0.3, 0.4) is 0 Å². The van der Waals surface area contributed by atoms with Gasteiger partial charge in [0, 0.05) is 18.1 Å². The molecule has 0 aliphatic carbocycles. The summed E-state index contributed by atoms with van der Waals surface area (Å²) in [6.45, 7) is 3.59. The maximum atomic E-state index is 12.4. The Hall–Kier alpha value is -2.46. The Morgan fingerprint density at radius 2 is 2.04 bits per heavy atom. The van der Waals surface area contributed by atoms with Crippen molar-refractivity contribution in [2.75, 3.05) is 7.05 Å². The minimum absolute atomic E-state index is 0.0313. The molecule has 0 spiro atoms. The molecule has 1 heterocycles. The summed E-state index contributed by atoms with van der Waals surface area (Å²) in [5, 5.41) is 13.2. The second-order valence-corrected chi connectivity index (χ2v) is 6.36. The van der Waals surface area contributed by atoms with E-state index in [0.29, 0.717) is 17.8 Å². The maximum Gasteiger partial charge on any atom is 0.285 e. The number of carbonyl (C=O) groups excluding carboxylic acids is 1. The number of aromatic nitrogens is 2. The van der Waals surface area contributed by atoms with Gasteiger partial charge in [0.2, 0.25) is 5.91 Å². The van der Waals surface area contributed by atoms with Crippen molar-refractivity contribution in [3.05, 3.63) is 61.5 Å². The first-order chi connectivity index (χ1) is 11.3. The van der Waals surface area contributed by atoms with Crippen LogP contribution < -0.4 is 5.56 Å². The van der Waals surface area contributed by atoms with Crippen LogP contribution >= 0.6 is 15.9 Å². The highest BCUT2D eigenvalue weighted by molar-refractivity contribution is 9.10. The molecule has 124 valence electrons. The zero-order valence-corrected chi connectivity index (χ0v) is 15.3. The number of halogens is 1. The molecule has 0 bridgehead atoms. The Balaban J connectivity index is 2.21. The van der Waals surface area contributed by atoms with Crippen molar-refractivity contribution in [1.29, 1.82) is 5.26 Å². The van der Waals surface area contributed by atoms with Crippen LogP contribution in [0, 0.1) is 25.2 Å². The minimum atomic E-state index is -0.539. The van der Waals surface area contributed by atoms with Crippen LogP contribution in [-0.4, -0.2) is 27.6 Å². The van der Waals surface area contributed by atoms with Crippen LogP contribution in [-0.2, 0) is 17.9 Å². The van der Waals surface area contributed by atoms with E-state index in [1.54, 1.807) is 20.9 Å². The van der Waals surface area contributed by atoms with E-state index in [1.165, 1.54) is 4.90 Å². The molecule has 0 fully saturated rings. The third-order valence-electron chi connectivity index (χ3n) is 3.82. The monoisotopic (exact) mass is 388 g/mol. The van der Waals surface area contributed by atoms with Gasteiger partial charge >= 0.3 is 0 Å². The predicted molar refractivity (Wildman–Crippen MR) is 93.3 cm³/mol. The van der Waals surface area contributed by atoms with Crippen LogP contribution in [0.4, 0.5) is 0 Å². The van der Waals surface area contributed by atoms with E-state index >= 15 is 0 Å². The summed E-state index contributed by atoms with van der Waals surface area (Å²) in [4.78, 5) is 26.2. The molecule has 7 heteroatoms. The van der Waals surface area contributed by atoms with Crippen molar-refractivity contribution < 1.29 is 4.79 Å². The van der Waals surface area contributed by atoms with Gasteiger partial charge in [0.25, 0.3) is 5.56 Å². The van der Waals surface area contributed by atoms with Gasteiger partial charge in [0.15, 0.2) is 0 Å². The molecule has 0 atom stereocenters. The van der Waals surface area contributed by atoms with Crippen molar-refractivity contribution in [2.45, 2.75) is 26.9 Å². The molecule has 1 aromatic carbocycles. The van der Waals surface area contributed by atoms with Crippen LogP contribution in [0.15, 0.2) is 33.5 Å². The SMILES string of the molecule is Cc1nn(CC(=O)N(C)Cc2ccccc2Br)c(=O)c(C#N)c1C. The first-order valence-corrected chi connectivity index (χ1v) is 8.10. The van der Waals surface area contributed by atoms with Crippen molar-refractivity contribution in [1.82, 2.24) is 14.7 Å². The molecule has 1 amide bonds. The topological polar surface area (TPSA) is 79.0 Å². The molecule has 6 nitrogen and oxygen atoms in total. The van der Waals surface area contributed by atoms with Gasteiger partial charge in [-0.3, -0.25) is 9.59 Å². The standard InChI is InChI=1S/C17H17BrN4O2/c1-11-12(2)20-22(17(24)14(11)8-19)10-16(23)21(3)9-13-6-4-5-7-15(13)18/h4-7H,9-10H2,1-3H3. The number of hydrogen-bond acceptors (Lipinski definition) is 4. The van der Waals surface area contributed by atoms with E-state index < -0.39 is 5.56 Å². The normalized spacial score (nSPS) is 10.3. The Kier molecular flexibility index (Phi) is 5.52. The quantitative estimate of drug-likeness (QED) is 0.803. The average Bonchev–Trinajstić information content (AvgIpc) is 2.55. The number of hydrogen-bond donors (Lipinski definition) is 0. The molecule has 2 rings (SSSR count). The molecular weight excluding hydrogens is 372 g/mol. The van der Waals surface area contributed by atoms with E-state index in [-0.39, 0.29) is 18.0 Å². The van der Waals surface area contributed by atoms with Crippen LogP contribution in [0.2, 0.25) is 0 Å². The Labute approximate surface area is 148 Å². The van der Waals surface area contributed by atoms with Crippen molar-refractivity contribution in [3.63, 3.8) is 0 Å². The summed E-state index contributed by atoms with van der Waals surface area (Å²) in [6, 6.07) is 9.51. The van der Waals surface area contributed by atoms with Gasteiger partial charge in [-0.2, -0.15) is 10.4 Å². The fraction of sp³-hybridized carbons (Fsp3) is 0.294. The van der Waals surface area contributed by atoms with Crippen molar-refractivity contribution in [2.24, 2.45) is 0 Å². The molecule has 1 aromatic heterocycles. The number of aryl methyl sites for hydroxylation is 1. The molecule has 0 unspecified atom stereocenters. The lowest BCUT2D eigenvalue weighted by Gasteiger charge is -2.18. The van der Waals surface area contributed by atoms with Gasteiger partial charge < -0.3 is 4.90 Å². The number of rotatable bonds is 4. The first kappa shape index (κ1) is 17.9. The Morgan fingerprint density at radius 1 is 1.38 bits per heavy atom. The smallest absolute Gasteiger partial charge is 0.285 e. The largest absolute Gasteiger partial charge is 0.340 e. The van der Waals surface area contributed by atoms with Gasteiger partial charge in [-0.25, -0.2) is 4.68 Å². The molecular formula is C17H17BrN4O2. The highest BCUT2D eigenvalue weighted by Crippen LogP contribution is 2.17. The molecule has 0 saturated carbocycles. The molecule has 0 N–H and O–H groups in total. The zero-order valence-electron chi connectivity index (χ0n) is 13.7. The summed E-state index contributed by atoms with van der Waals surface area (Å²) in [7, 11) is 1.67. The van der Waals surface area contributed by atoms with Gasteiger partial charge in [0.1, 0.15) is 18.2 Å².